The van der Waals surface area contributed by atoms with Gasteiger partial charge in [0.15, 0.2) is 0 Å². The molecule has 0 fully saturated rings. The molecule has 0 N–H and O–H groups in total. The molecular weight excluding hydrogens is 224 g/mol. The van der Waals surface area contributed by atoms with Crippen molar-refractivity contribution in [2.75, 3.05) is 6.61 Å². The lowest BCUT2D eigenvalue weighted by Crippen LogP contribution is -2.32. The van der Waals surface area contributed by atoms with Gasteiger partial charge in [-0.15, -0.1) is 0 Å². The van der Waals surface area contributed by atoms with Crippen LogP contribution in [0.5, 0.6) is 0 Å². The smallest absolute Gasteiger partial charge is 0.312 e. The fraction of sp³-hybridized carbons (Fsp3) is 0.938. The molecule has 0 radical (unpaired) electrons. The van der Waals surface area contributed by atoms with Crippen LogP contribution in [0.3, 0.4) is 0 Å². The summed E-state index contributed by atoms with van der Waals surface area (Å²) in [6.45, 7) is 9.20. The van der Waals surface area contributed by atoms with Crippen LogP contribution in [-0.2, 0) is 9.53 Å². The average Bonchev–Trinajstić information content (AvgIpc) is 2.38. The van der Waals surface area contributed by atoms with Crippen LogP contribution in [0.15, 0.2) is 0 Å². The maximum Gasteiger partial charge on any atom is 0.312 e. The van der Waals surface area contributed by atoms with Crippen molar-refractivity contribution in [3.63, 3.8) is 0 Å². The van der Waals surface area contributed by atoms with Gasteiger partial charge in [-0.2, -0.15) is 0 Å². The van der Waals surface area contributed by atoms with Crippen molar-refractivity contribution in [3.05, 3.63) is 0 Å². The Labute approximate surface area is 113 Å². The summed E-state index contributed by atoms with van der Waals surface area (Å²) < 4.78 is 5.48. The molecule has 0 aromatic heterocycles. The molecule has 0 aliphatic carbocycles. The van der Waals surface area contributed by atoms with Crippen molar-refractivity contribution in [2.45, 2.75) is 85.5 Å². The highest BCUT2D eigenvalue weighted by molar-refractivity contribution is 5.76. The maximum absolute atomic E-state index is 12.3. The van der Waals surface area contributed by atoms with Gasteiger partial charge >= 0.3 is 5.97 Å². The molecule has 0 heterocycles. The Kier molecular flexibility index (Phi) is 10.1. The molecule has 0 rings (SSSR count). The Morgan fingerprint density at radius 3 is 2.06 bits per heavy atom. The quantitative estimate of drug-likeness (QED) is 0.379. The van der Waals surface area contributed by atoms with Crippen LogP contribution < -0.4 is 0 Å². The van der Waals surface area contributed by atoms with E-state index in [2.05, 4.69) is 27.7 Å². The third-order valence-corrected chi connectivity index (χ3v) is 3.83. The predicted molar refractivity (Wildman–Crippen MR) is 77.6 cm³/mol. The van der Waals surface area contributed by atoms with Crippen LogP contribution in [0.25, 0.3) is 0 Å². The number of hydrogen-bond acceptors (Lipinski definition) is 2. The van der Waals surface area contributed by atoms with Crippen molar-refractivity contribution >= 4 is 5.97 Å². The summed E-state index contributed by atoms with van der Waals surface area (Å²) in [7, 11) is 0. The highest BCUT2D eigenvalue weighted by atomic mass is 16.5. The van der Waals surface area contributed by atoms with Crippen LogP contribution in [0.2, 0.25) is 0 Å². The maximum atomic E-state index is 12.3. The molecule has 108 valence electrons. The van der Waals surface area contributed by atoms with Gasteiger partial charge in [0.25, 0.3) is 0 Å². The van der Waals surface area contributed by atoms with E-state index in [0.717, 1.165) is 44.9 Å². The number of hydrogen-bond donors (Lipinski definition) is 0. The molecule has 0 saturated heterocycles. The lowest BCUT2D eigenvalue weighted by atomic mass is 9.76. The van der Waals surface area contributed by atoms with Crippen molar-refractivity contribution in [1.29, 1.82) is 0 Å². The highest BCUT2D eigenvalue weighted by Gasteiger charge is 2.36. The third kappa shape index (κ3) is 5.88. The van der Waals surface area contributed by atoms with Gasteiger partial charge in [0.2, 0.25) is 0 Å². The Balaban J connectivity index is 4.45. The van der Waals surface area contributed by atoms with E-state index in [1.54, 1.807) is 0 Å². The second-order valence-electron chi connectivity index (χ2n) is 5.33. The summed E-state index contributed by atoms with van der Waals surface area (Å²) in [5.41, 5.74) is -0.211. The first-order chi connectivity index (χ1) is 8.66. The molecule has 2 heteroatoms. The Morgan fingerprint density at radius 2 is 1.56 bits per heavy atom. The van der Waals surface area contributed by atoms with Gasteiger partial charge in [0.1, 0.15) is 0 Å². The Bertz CT molecular complexity index is 213. The Hall–Kier alpha value is -0.530. The van der Waals surface area contributed by atoms with E-state index >= 15 is 0 Å². The zero-order chi connectivity index (χ0) is 13.9. The van der Waals surface area contributed by atoms with E-state index in [0.29, 0.717) is 6.61 Å². The molecule has 18 heavy (non-hydrogen) atoms. The molecule has 0 aliphatic heterocycles. The summed E-state index contributed by atoms with van der Waals surface area (Å²) in [6.07, 6.45) is 9.56. The van der Waals surface area contributed by atoms with E-state index < -0.39 is 0 Å². The summed E-state index contributed by atoms with van der Waals surface area (Å²) in [4.78, 5) is 12.3. The molecule has 0 spiro atoms. The van der Waals surface area contributed by atoms with E-state index in [1.165, 1.54) is 12.8 Å². The van der Waals surface area contributed by atoms with E-state index in [-0.39, 0.29) is 11.4 Å². The summed E-state index contributed by atoms with van der Waals surface area (Å²) in [5.74, 6) is 0.0522. The van der Waals surface area contributed by atoms with Gasteiger partial charge in [-0.1, -0.05) is 59.8 Å². The van der Waals surface area contributed by atoms with E-state index in [1.807, 2.05) is 0 Å². The zero-order valence-electron chi connectivity index (χ0n) is 12.9. The van der Waals surface area contributed by atoms with Crippen LogP contribution >= 0.6 is 0 Å². The lowest BCUT2D eigenvalue weighted by Gasteiger charge is -2.30. The fourth-order valence-electron chi connectivity index (χ4n) is 2.48. The second kappa shape index (κ2) is 10.4. The van der Waals surface area contributed by atoms with Gasteiger partial charge in [0.05, 0.1) is 12.0 Å². The minimum atomic E-state index is -0.211. The minimum Gasteiger partial charge on any atom is -0.465 e. The Morgan fingerprint density at radius 1 is 0.889 bits per heavy atom. The first kappa shape index (κ1) is 17.5. The van der Waals surface area contributed by atoms with Crippen LogP contribution in [-0.4, -0.2) is 12.6 Å². The van der Waals surface area contributed by atoms with Gasteiger partial charge in [-0.25, -0.2) is 0 Å². The predicted octanol–water partition coefficient (Wildman–Crippen LogP) is 5.11. The summed E-state index contributed by atoms with van der Waals surface area (Å²) in [5, 5.41) is 0. The molecule has 0 aliphatic rings. The fourth-order valence-corrected chi connectivity index (χ4v) is 2.48. The first-order valence-corrected chi connectivity index (χ1v) is 7.84. The molecule has 0 amide bonds. The van der Waals surface area contributed by atoms with Gasteiger partial charge in [-0.3, -0.25) is 4.79 Å². The van der Waals surface area contributed by atoms with Gasteiger partial charge in [0, 0.05) is 0 Å². The standard InChI is InChI=1S/C16H32O2/c1-5-9-11-13-16(8-4,12-7-3)15(17)18-14-10-6-2/h5-14H2,1-4H3. The molecule has 0 aromatic rings. The molecular formula is C16H32O2. The largest absolute Gasteiger partial charge is 0.465 e. The van der Waals surface area contributed by atoms with E-state index in [9.17, 15) is 4.79 Å². The van der Waals surface area contributed by atoms with E-state index in [4.69, 9.17) is 4.74 Å². The van der Waals surface area contributed by atoms with Crippen molar-refractivity contribution in [1.82, 2.24) is 0 Å². The average molecular weight is 256 g/mol. The molecule has 0 aromatic carbocycles. The highest BCUT2D eigenvalue weighted by Crippen LogP contribution is 2.35. The topological polar surface area (TPSA) is 26.3 Å². The van der Waals surface area contributed by atoms with Crippen LogP contribution in [0.1, 0.15) is 85.5 Å². The van der Waals surface area contributed by atoms with Crippen LogP contribution in [0, 0.1) is 5.41 Å². The monoisotopic (exact) mass is 256 g/mol. The summed E-state index contributed by atoms with van der Waals surface area (Å²) >= 11 is 0. The lowest BCUT2D eigenvalue weighted by molar-refractivity contribution is -0.157. The number of ether oxygens (including phenoxy) is 1. The second-order valence-corrected chi connectivity index (χ2v) is 5.33. The summed E-state index contributed by atoms with van der Waals surface area (Å²) in [6, 6.07) is 0. The number of unbranched alkanes of at least 4 members (excludes halogenated alkanes) is 3. The normalized spacial score (nSPS) is 14.2. The van der Waals surface area contributed by atoms with Crippen LogP contribution in [0.4, 0.5) is 0 Å². The number of carbonyl (C=O) groups excluding carboxylic acids is 1. The van der Waals surface area contributed by atoms with Crippen molar-refractivity contribution in [2.24, 2.45) is 5.41 Å². The SMILES string of the molecule is CCCCCC(CC)(CCC)C(=O)OCCCC. The minimum absolute atomic E-state index is 0.0522. The number of carbonyl (C=O) groups is 1. The molecule has 1 unspecified atom stereocenters. The molecule has 0 saturated carbocycles. The molecule has 2 nitrogen and oxygen atoms in total. The number of rotatable bonds is 11. The molecule has 0 bridgehead atoms. The zero-order valence-corrected chi connectivity index (χ0v) is 12.9. The molecule has 1 atom stereocenters. The third-order valence-electron chi connectivity index (χ3n) is 3.83. The van der Waals surface area contributed by atoms with Gasteiger partial charge in [-0.05, 0) is 25.7 Å². The number of esters is 1. The first-order valence-electron chi connectivity index (χ1n) is 7.84. The van der Waals surface area contributed by atoms with Crippen molar-refractivity contribution < 1.29 is 9.53 Å². The van der Waals surface area contributed by atoms with Gasteiger partial charge < -0.3 is 4.74 Å². The van der Waals surface area contributed by atoms with Crippen molar-refractivity contribution in [3.8, 4) is 0 Å².